The van der Waals surface area contributed by atoms with Crippen molar-refractivity contribution in [1.29, 1.82) is 0 Å². The zero-order valence-electron chi connectivity index (χ0n) is 21.2. The molecule has 3 aromatic rings. The van der Waals surface area contributed by atoms with Gasteiger partial charge in [-0.05, 0) is 55.5 Å². The Bertz CT molecular complexity index is 1190. The molecule has 0 aliphatic carbocycles. The summed E-state index contributed by atoms with van der Waals surface area (Å²) >= 11 is 1.69. The summed E-state index contributed by atoms with van der Waals surface area (Å²) in [7, 11) is -3.20. The number of anilines is 1. The molecule has 1 aromatic carbocycles. The number of nitrogens with zero attached hydrogens (tertiary/aromatic N) is 4. The van der Waals surface area contributed by atoms with Gasteiger partial charge in [0.25, 0.3) is 0 Å². The van der Waals surface area contributed by atoms with Gasteiger partial charge in [0, 0.05) is 43.0 Å². The van der Waals surface area contributed by atoms with Crippen LogP contribution in [0.3, 0.4) is 0 Å². The molecular formula is C27H36N4O3S2. The summed E-state index contributed by atoms with van der Waals surface area (Å²) in [6.07, 6.45) is 14.7. The molecule has 0 amide bonds. The summed E-state index contributed by atoms with van der Waals surface area (Å²) in [6, 6.07) is 6.50. The monoisotopic (exact) mass is 528 g/mol. The number of aromatic nitrogens is 3. The van der Waals surface area contributed by atoms with Gasteiger partial charge in [0.2, 0.25) is 5.95 Å². The van der Waals surface area contributed by atoms with E-state index in [1.54, 1.807) is 35.6 Å². The molecule has 1 fully saturated rings. The van der Waals surface area contributed by atoms with Crippen LogP contribution in [0.25, 0.3) is 0 Å². The highest BCUT2D eigenvalue weighted by molar-refractivity contribution is 7.90. The SMILES string of the molecule is CCCCCCCc1cnc(N2CCC(c3nc(COc4ccc(S(C)(=O)=O)cc4)cs3)CC2)nc1. The van der Waals surface area contributed by atoms with Crippen molar-refractivity contribution in [3.8, 4) is 5.75 Å². The second-order valence-corrected chi connectivity index (χ2v) is 12.4. The Morgan fingerprint density at radius 1 is 1.03 bits per heavy atom. The van der Waals surface area contributed by atoms with E-state index < -0.39 is 9.84 Å². The lowest BCUT2D eigenvalue weighted by Gasteiger charge is -2.31. The third-order valence-corrected chi connectivity index (χ3v) is 8.78. The molecule has 3 heterocycles. The van der Waals surface area contributed by atoms with Crippen molar-refractivity contribution in [2.75, 3.05) is 24.2 Å². The van der Waals surface area contributed by atoms with E-state index in [0.717, 1.165) is 49.0 Å². The molecule has 0 unspecified atom stereocenters. The molecule has 36 heavy (non-hydrogen) atoms. The van der Waals surface area contributed by atoms with Crippen LogP contribution in [0.5, 0.6) is 5.75 Å². The zero-order valence-corrected chi connectivity index (χ0v) is 22.9. The van der Waals surface area contributed by atoms with Gasteiger partial charge < -0.3 is 9.64 Å². The molecule has 0 bridgehead atoms. The molecule has 0 atom stereocenters. The fraction of sp³-hybridized carbons (Fsp3) is 0.519. The van der Waals surface area contributed by atoms with Gasteiger partial charge in [0.05, 0.1) is 15.6 Å². The van der Waals surface area contributed by atoms with Crippen molar-refractivity contribution in [3.05, 3.63) is 58.3 Å². The molecule has 1 aliphatic rings. The molecule has 0 radical (unpaired) electrons. The van der Waals surface area contributed by atoms with E-state index in [-0.39, 0.29) is 4.90 Å². The minimum atomic E-state index is -3.20. The molecule has 0 N–H and O–H groups in total. The van der Waals surface area contributed by atoms with Crippen LogP contribution in [-0.4, -0.2) is 42.7 Å². The van der Waals surface area contributed by atoms with Gasteiger partial charge in [-0.1, -0.05) is 32.6 Å². The van der Waals surface area contributed by atoms with E-state index >= 15 is 0 Å². The fourth-order valence-corrected chi connectivity index (χ4v) is 6.02. The van der Waals surface area contributed by atoms with E-state index in [4.69, 9.17) is 9.72 Å². The smallest absolute Gasteiger partial charge is 0.225 e. The van der Waals surface area contributed by atoms with Crippen LogP contribution < -0.4 is 9.64 Å². The van der Waals surface area contributed by atoms with Crippen LogP contribution in [0, 0.1) is 0 Å². The van der Waals surface area contributed by atoms with Gasteiger partial charge >= 0.3 is 0 Å². The van der Waals surface area contributed by atoms with E-state index in [2.05, 4.69) is 27.2 Å². The first-order chi connectivity index (χ1) is 17.4. The summed E-state index contributed by atoms with van der Waals surface area (Å²) in [5, 5.41) is 3.21. The first kappa shape index (κ1) is 26.5. The van der Waals surface area contributed by atoms with Gasteiger partial charge in [-0.25, -0.2) is 23.4 Å². The van der Waals surface area contributed by atoms with Gasteiger partial charge in [-0.15, -0.1) is 11.3 Å². The lowest BCUT2D eigenvalue weighted by molar-refractivity contribution is 0.301. The highest BCUT2D eigenvalue weighted by Gasteiger charge is 2.24. The van der Waals surface area contributed by atoms with Crippen LogP contribution >= 0.6 is 11.3 Å². The predicted octanol–water partition coefficient (Wildman–Crippen LogP) is 5.81. The number of benzene rings is 1. The standard InChI is InChI=1S/C27H36N4O3S2/c1-3-4-5-6-7-8-21-17-28-27(29-18-21)31-15-13-22(14-16-31)26-30-23(20-35-26)19-34-24-9-11-25(12-10-24)36(2,32)33/h9-12,17-18,20,22H,3-8,13-16,19H2,1-2H3. The first-order valence-electron chi connectivity index (χ1n) is 12.9. The molecular weight excluding hydrogens is 492 g/mol. The molecule has 4 rings (SSSR count). The molecule has 1 aliphatic heterocycles. The molecule has 7 nitrogen and oxygen atoms in total. The molecule has 0 saturated carbocycles. The molecule has 194 valence electrons. The topological polar surface area (TPSA) is 85.3 Å². The number of piperidine rings is 1. The Balaban J connectivity index is 1.22. The van der Waals surface area contributed by atoms with Gasteiger partial charge in [-0.3, -0.25) is 0 Å². The number of aryl methyl sites for hydroxylation is 1. The second kappa shape index (κ2) is 12.6. The van der Waals surface area contributed by atoms with Crippen molar-refractivity contribution in [1.82, 2.24) is 15.0 Å². The number of sulfone groups is 1. The van der Waals surface area contributed by atoms with Gasteiger partial charge in [-0.2, -0.15) is 0 Å². The number of unbranched alkanes of at least 4 members (excludes halogenated alkanes) is 4. The van der Waals surface area contributed by atoms with Crippen molar-refractivity contribution >= 4 is 27.1 Å². The summed E-state index contributed by atoms with van der Waals surface area (Å²) in [4.78, 5) is 16.7. The maximum absolute atomic E-state index is 11.6. The molecule has 9 heteroatoms. The summed E-state index contributed by atoms with van der Waals surface area (Å²) < 4.78 is 29.0. The van der Waals surface area contributed by atoms with Crippen LogP contribution in [0.15, 0.2) is 46.9 Å². The van der Waals surface area contributed by atoms with Crippen molar-refractivity contribution < 1.29 is 13.2 Å². The van der Waals surface area contributed by atoms with Crippen LogP contribution in [0.4, 0.5) is 5.95 Å². The molecule has 0 spiro atoms. The minimum Gasteiger partial charge on any atom is -0.487 e. The van der Waals surface area contributed by atoms with Crippen molar-refractivity contribution in [2.24, 2.45) is 0 Å². The number of rotatable bonds is 12. The zero-order chi connectivity index (χ0) is 25.4. The Kier molecular flexibility index (Phi) is 9.31. The first-order valence-corrected chi connectivity index (χ1v) is 15.6. The fourth-order valence-electron chi connectivity index (χ4n) is 4.42. The van der Waals surface area contributed by atoms with Gasteiger partial charge in [0.15, 0.2) is 9.84 Å². The normalized spacial score (nSPS) is 14.8. The third-order valence-electron chi connectivity index (χ3n) is 6.60. The lowest BCUT2D eigenvalue weighted by Crippen LogP contribution is -2.34. The van der Waals surface area contributed by atoms with Crippen LogP contribution in [0.1, 0.15) is 74.1 Å². The Hall–Kier alpha value is -2.52. The lowest BCUT2D eigenvalue weighted by atomic mass is 9.98. The predicted molar refractivity (Wildman–Crippen MR) is 145 cm³/mol. The summed E-state index contributed by atoms with van der Waals surface area (Å²) in [5.41, 5.74) is 2.13. The summed E-state index contributed by atoms with van der Waals surface area (Å²) in [6.45, 7) is 4.47. The highest BCUT2D eigenvalue weighted by atomic mass is 32.2. The van der Waals surface area contributed by atoms with Crippen LogP contribution in [0.2, 0.25) is 0 Å². The number of hydrogen-bond acceptors (Lipinski definition) is 8. The van der Waals surface area contributed by atoms with Crippen molar-refractivity contribution in [3.63, 3.8) is 0 Å². The summed E-state index contributed by atoms with van der Waals surface area (Å²) in [5.74, 6) is 1.91. The van der Waals surface area contributed by atoms with E-state index in [0.29, 0.717) is 18.3 Å². The van der Waals surface area contributed by atoms with E-state index in [9.17, 15) is 8.42 Å². The van der Waals surface area contributed by atoms with E-state index in [1.165, 1.54) is 43.9 Å². The largest absolute Gasteiger partial charge is 0.487 e. The second-order valence-electron chi connectivity index (χ2n) is 9.53. The Labute approximate surface area is 218 Å². The number of hydrogen-bond donors (Lipinski definition) is 0. The van der Waals surface area contributed by atoms with Crippen molar-refractivity contribution in [2.45, 2.75) is 75.7 Å². The number of thiazole rings is 1. The maximum Gasteiger partial charge on any atom is 0.225 e. The Morgan fingerprint density at radius 2 is 1.72 bits per heavy atom. The highest BCUT2D eigenvalue weighted by Crippen LogP contribution is 2.31. The minimum absolute atomic E-state index is 0.288. The molecule has 1 saturated heterocycles. The Morgan fingerprint density at radius 3 is 2.39 bits per heavy atom. The quantitative estimate of drug-likeness (QED) is 0.274. The van der Waals surface area contributed by atoms with E-state index in [1.807, 2.05) is 12.4 Å². The average molecular weight is 529 g/mol. The average Bonchev–Trinajstić information content (AvgIpc) is 3.37. The number of ether oxygens (including phenoxy) is 1. The third kappa shape index (κ3) is 7.49. The van der Waals surface area contributed by atoms with Gasteiger partial charge in [0.1, 0.15) is 12.4 Å². The molecule has 2 aromatic heterocycles. The maximum atomic E-state index is 11.6. The van der Waals surface area contributed by atoms with Crippen LogP contribution in [-0.2, 0) is 22.9 Å².